The molecule has 78 valence electrons. The Bertz CT molecular complexity index is 271. The Balaban J connectivity index is 3.69. The van der Waals surface area contributed by atoms with Gasteiger partial charge in [-0.05, 0) is 6.92 Å². The Labute approximate surface area is 80.5 Å². The number of nitrogens with one attached hydrogen (secondary N) is 1. The first-order chi connectivity index (χ1) is 6.43. The Morgan fingerprint density at radius 3 is 2.36 bits per heavy atom. The van der Waals surface area contributed by atoms with E-state index < -0.39 is 17.8 Å². The van der Waals surface area contributed by atoms with Crippen LogP contribution < -0.4 is 5.48 Å². The summed E-state index contributed by atoms with van der Waals surface area (Å²) < 4.78 is 0. The van der Waals surface area contributed by atoms with Gasteiger partial charge in [0.1, 0.15) is 0 Å². The molecule has 0 bridgehead atoms. The average Bonchev–Trinajstić information content (AvgIpc) is 2.10. The minimum atomic E-state index is -1.09. The number of carbonyl (C=O) groups is 3. The molecule has 0 unspecified atom stereocenters. The maximum atomic E-state index is 10.8. The minimum Gasteiger partial charge on any atom is -0.481 e. The molecule has 0 saturated carbocycles. The van der Waals surface area contributed by atoms with Crippen molar-refractivity contribution in [2.75, 3.05) is 0 Å². The molecule has 0 aliphatic heterocycles. The molecule has 0 heterocycles. The van der Waals surface area contributed by atoms with Crippen molar-refractivity contribution < 1.29 is 24.3 Å². The molecule has 0 spiro atoms. The summed E-state index contributed by atoms with van der Waals surface area (Å²) in [5.74, 6) is -2.51. The summed E-state index contributed by atoms with van der Waals surface area (Å²) in [6, 6.07) is 0. The number of rotatable bonds is 4. The highest BCUT2D eigenvalue weighted by Gasteiger charge is 2.08. The molecule has 0 rings (SSSR count). The second kappa shape index (κ2) is 5.74. The maximum absolute atomic E-state index is 10.8. The van der Waals surface area contributed by atoms with Crippen LogP contribution in [0.5, 0.6) is 0 Å². The van der Waals surface area contributed by atoms with Gasteiger partial charge < -0.3 is 9.94 Å². The fraction of sp³-hybridized carbons (Fsp3) is 0.375. The van der Waals surface area contributed by atoms with Crippen molar-refractivity contribution in [2.24, 2.45) is 0 Å². The molecule has 2 N–H and O–H groups in total. The number of aliphatic carboxylic acids is 1. The van der Waals surface area contributed by atoms with Gasteiger partial charge in [-0.15, -0.1) is 0 Å². The molecule has 1 amide bonds. The third-order valence-electron chi connectivity index (χ3n) is 1.17. The van der Waals surface area contributed by atoms with E-state index in [1.54, 1.807) is 5.48 Å². The largest absolute Gasteiger partial charge is 0.481 e. The van der Waals surface area contributed by atoms with E-state index in [-0.39, 0.29) is 18.4 Å². The second-order valence-corrected chi connectivity index (χ2v) is 2.59. The Morgan fingerprint density at radius 2 is 1.93 bits per heavy atom. The highest BCUT2D eigenvalue weighted by atomic mass is 16.7. The number of hydroxylamine groups is 1. The van der Waals surface area contributed by atoms with Crippen LogP contribution in [0.25, 0.3) is 0 Å². The zero-order valence-corrected chi connectivity index (χ0v) is 7.70. The van der Waals surface area contributed by atoms with Crippen LogP contribution in [0.2, 0.25) is 0 Å². The van der Waals surface area contributed by atoms with Gasteiger partial charge in [-0.1, -0.05) is 6.58 Å². The van der Waals surface area contributed by atoms with Crippen LogP contribution in [0, 0.1) is 0 Å². The van der Waals surface area contributed by atoms with Crippen molar-refractivity contribution in [1.82, 2.24) is 5.48 Å². The molecule has 0 aromatic carbocycles. The number of carboxylic acid groups (broad SMARTS) is 1. The first kappa shape index (κ1) is 12.2. The van der Waals surface area contributed by atoms with E-state index in [4.69, 9.17) is 5.11 Å². The van der Waals surface area contributed by atoms with Crippen molar-refractivity contribution in [3.05, 3.63) is 12.2 Å². The molecular formula is C8H11NO5. The van der Waals surface area contributed by atoms with E-state index in [0.29, 0.717) is 0 Å². The van der Waals surface area contributed by atoms with E-state index in [1.807, 2.05) is 0 Å². The van der Waals surface area contributed by atoms with Crippen LogP contribution in [0.1, 0.15) is 19.8 Å². The van der Waals surface area contributed by atoms with E-state index in [0.717, 1.165) is 0 Å². The normalized spacial score (nSPS) is 8.93. The van der Waals surface area contributed by atoms with Gasteiger partial charge in [0.25, 0.3) is 5.91 Å². The van der Waals surface area contributed by atoms with Crippen LogP contribution in [0.3, 0.4) is 0 Å². The second-order valence-electron chi connectivity index (χ2n) is 2.59. The molecule has 0 aromatic heterocycles. The third-order valence-corrected chi connectivity index (χ3v) is 1.17. The summed E-state index contributed by atoms with van der Waals surface area (Å²) in [6.07, 6.45) is -0.546. The van der Waals surface area contributed by atoms with Crippen molar-refractivity contribution in [1.29, 1.82) is 0 Å². The number of hydrogen-bond acceptors (Lipinski definition) is 4. The van der Waals surface area contributed by atoms with Crippen LogP contribution in [0.15, 0.2) is 12.2 Å². The Morgan fingerprint density at radius 1 is 1.36 bits per heavy atom. The average molecular weight is 201 g/mol. The summed E-state index contributed by atoms with van der Waals surface area (Å²) in [5.41, 5.74) is 1.95. The lowest BCUT2D eigenvalue weighted by Gasteiger charge is -2.03. The molecule has 6 heteroatoms. The van der Waals surface area contributed by atoms with Crippen molar-refractivity contribution in [3.63, 3.8) is 0 Å². The van der Waals surface area contributed by atoms with Gasteiger partial charge in [0, 0.05) is 12.0 Å². The van der Waals surface area contributed by atoms with E-state index in [9.17, 15) is 14.4 Å². The summed E-state index contributed by atoms with van der Waals surface area (Å²) in [7, 11) is 0. The number of carboxylic acids is 1. The highest BCUT2D eigenvalue weighted by Crippen LogP contribution is 1.92. The van der Waals surface area contributed by atoms with Crippen LogP contribution in [-0.4, -0.2) is 23.0 Å². The summed E-state index contributed by atoms with van der Waals surface area (Å²) in [5, 5.41) is 8.23. The lowest BCUT2D eigenvalue weighted by molar-refractivity contribution is -0.154. The molecule has 0 atom stereocenters. The first-order valence-corrected chi connectivity index (χ1v) is 3.80. The molecule has 0 aliphatic rings. The monoisotopic (exact) mass is 201 g/mol. The maximum Gasteiger partial charge on any atom is 0.358 e. The lowest BCUT2D eigenvalue weighted by atomic mass is 10.3. The Kier molecular flexibility index (Phi) is 4.98. The predicted molar refractivity (Wildman–Crippen MR) is 45.9 cm³/mol. The fourth-order valence-electron chi connectivity index (χ4n) is 0.462. The smallest absolute Gasteiger partial charge is 0.358 e. The van der Waals surface area contributed by atoms with Gasteiger partial charge in [-0.25, -0.2) is 4.79 Å². The molecule has 0 saturated heterocycles. The molecule has 0 aliphatic carbocycles. The SMILES string of the molecule is C=C(C)C(=O)ONC(=O)CCC(=O)O. The number of carbonyl (C=O) groups excluding carboxylic acids is 2. The predicted octanol–water partition coefficient (Wildman–Crippen LogP) is 0.00170. The Hall–Kier alpha value is -1.85. The third kappa shape index (κ3) is 5.76. The standard InChI is InChI=1S/C8H11NO5/c1-5(2)8(13)14-9-6(10)3-4-7(11)12/h1,3-4H2,2H3,(H,9,10)(H,11,12). The van der Waals surface area contributed by atoms with E-state index >= 15 is 0 Å². The molecule has 0 fully saturated rings. The van der Waals surface area contributed by atoms with Crippen LogP contribution in [-0.2, 0) is 19.2 Å². The topological polar surface area (TPSA) is 92.7 Å². The molecule has 14 heavy (non-hydrogen) atoms. The minimum absolute atomic E-state index is 0.142. The number of hydrogen-bond donors (Lipinski definition) is 2. The summed E-state index contributed by atoms with van der Waals surface area (Å²) in [6.45, 7) is 4.71. The summed E-state index contributed by atoms with van der Waals surface area (Å²) in [4.78, 5) is 35.8. The van der Waals surface area contributed by atoms with Gasteiger partial charge in [0.15, 0.2) is 0 Å². The van der Waals surface area contributed by atoms with Crippen molar-refractivity contribution >= 4 is 17.8 Å². The van der Waals surface area contributed by atoms with Gasteiger partial charge in [-0.2, -0.15) is 5.48 Å². The van der Waals surface area contributed by atoms with Crippen molar-refractivity contribution in [3.8, 4) is 0 Å². The van der Waals surface area contributed by atoms with Crippen LogP contribution >= 0.6 is 0 Å². The summed E-state index contributed by atoms with van der Waals surface area (Å²) >= 11 is 0. The molecule has 6 nitrogen and oxygen atoms in total. The van der Waals surface area contributed by atoms with Gasteiger partial charge >= 0.3 is 11.9 Å². The molecular weight excluding hydrogens is 190 g/mol. The van der Waals surface area contributed by atoms with Crippen molar-refractivity contribution in [2.45, 2.75) is 19.8 Å². The highest BCUT2D eigenvalue weighted by molar-refractivity contribution is 5.88. The van der Waals surface area contributed by atoms with Gasteiger partial charge in [0.2, 0.25) is 0 Å². The molecule has 0 radical (unpaired) electrons. The zero-order valence-electron chi connectivity index (χ0n) is 7.70. The van der Waals surface area contributed by atoms with E-state index in [1.165, 1.54) is 6.92 Å². The fourth-order valence-corrected chi connectivity index (χ4v) is 0.462. The zero-order chi connectivity index (χ0) is 11.1. The number of amides is 1. The lowest BCUT2D eigenvalue weighted by Crippen LogP contribution is -2.27. The van der Waals surface area contributed by atoms with Crippen LogP contribution in [0.4, 0.5) is 0 Å². The van der Waals surface area contributed by atoms with Gasteiger partial charge in [0.05, 0.1) is 6.42 Å². The molecule has 0 aromatic rings. The van der Waals surface area contributed by atoms with Gasteiger partial charge in [-0.3, -0.25) is 9.59 Å². The quantitative estimate of drug-likeness (QED) is 0.493. The van der Waals surface area contributed by atoms with E-state index in [2.05, 4.69) is 11.4 Å². The first-order valence-electron chi connectivity index (χ1n) is 3.80.